The van der Waals surface area contributed by atoms with Gasteiger partial charge in [-0.3, -0.25) is 4.79 Å². The fourth-order valence-electron chi connectivity index (χ4n) is 3.84. The third-order valence-electron chi connectivity index (χ3n) is 5.42. The molecule has 1 unspecified atom stereocenters. The monoisotopic (exact) mass is 431 g/mol. The highest BCUT2D eigenvalue weighted by atomic mass is 35.5. The van der Waals surface area contributed by atoms with E-state index in [0.29, 0.717) is 11.4 Å². The molecule has 1 aromatic heterocycles. The summed E-state index contributed by atoms with van der Waals surface area (Å²) >= 11 is 6.30. The summed E-state index contributed by atoms with van der Waals surface area (Å²) in [5, 5.41) is 1.47. The number of aryl methyl sites for hydroxylation is 1. The van der Waals surface area contributed by atoms with Gasteiger partial charge in [-0.15, -0.1) is 0 Å². The van der Waals surface area contributed by atoms with Gasteiger partial charge in [-0.25, -0.2) is 8.42 Å². The van der Waals surface area contributed by atoms with E-state index in [0.717, 1.165) is 27.7 Å². The number of sulfone groups is 1. The number of fused-ring (bicyclic) bond motifs is 1. The normalized spacial score (nSPS) is 18.2. The van der Waals surface area contributed by atoms with Gasteiger partial charge < -0.3 is 9.32 Å². The number of benzene rings is 2. The van der Waals surface area contributed by atoms with Gasteiger partial charge in [0.15, 0.2) is 9.84 Å². The van der Waals surface area contributed by atoms with Crippen molar-refractivity contribution in [2.24, 2.45) is 0 Å². The molecule has 0 radical (unpaired) electrons. The van der Waals surface area contributed by atoms with E-state index in [1.165, 1.54) is 0 Å². The fourth-order valence-corrected chi connectivity index (χ4v) is 5.77. The molecule has 29 heavy (non-hydrogen) atoms. The molecule has 5 nitrogen and oxygen atoms in total. The van der Waals surface area contributed by atoms with Crippen molar-refractivity contribution in [3.05, 3.63) is 70.4 Å². The first-order valence-electron chi connectivity index (χ1n) is 9.52. The van der Waals surface area contributed by atoms with Crippen molar-refractivity contribution < 1.29 is 17.6 Å². The van der Waals surface area contributed by atoms with Crippen molar-refractivity contribution in [2.45, 2.75) is 32.4 Å². The van der Waals surface area contributed by atoms with Crippen molar-refractivity contribution in [3.63, 3.8) is 0 Å². The Morgan fingerprint density at radius 3 is 2.72 bits per heavy atom. The summed E-state index contributed by atoms with van der Waals surface area (Å²) in [5.74, 6) is -0.0258. The number of carbonyl (C=O) groups excluding carboxylic acids is 1. The Bertz CT molecular complexity index is 1170. The number of furan rings is 1. The molecule has 0 aliphatic carbocycles. The molecule has 0 spiro atoms. The van der Waals surface area contributed by atoms with Gasteiger partial charge in [-0.2, -0.15) is 0 Å². The second-order valence-electron chi connectivity index (χ2n) is 7.61. The minimum Gasteiger partial charge on any atom is -0.464 e. The third kappa shape index (κ3) is 4.33. The SMILES string of the molecule is Cc1ccc2c(CC(=O)N(Cc3ccccc3Cl)C3CCS(=O)(=O)C3)coc2c1. The summed E-state index contributed by atoms with van der Waals surface area (Å²) in [4.78, 5) is 14.9. The lowest BCUT2D eigenvalue weighted by Gasteiger charge is -2.29. The highest BCUT2D eigenvalue weighted by Crippen LogP contribution is 2.27. The molecule has 3 aromatic rings. The van der Waals surface area contributed by atoms with Gasteiger partial charge in [0.1, 0.15) is 5.58 Å². The Hall–Kier alpha value is -2.31. The van der Waals surface area contributed by atoms with E-state index in [-0.39, 0.29) is 36.4 Å². The Kier molecular flexibility index (Phi) is 5.40. The van der Waals surface area contributed by atoms with Crippen LogP contribution in [0.25, 0.3) is 11.0 Å². The standard InChI is InChI=1S/C22H22ClNO4S/c1-15-6-7-19-17(13-28-21(19)10-15)11-22(25)24(18-8-9-29(26,27)14-18)12-16-4-2-3-5-20(16)23/h2-7,10,13,18H,8-9,11-12,14H2,1H3. The highest BCUT2D eigenvalue weighted by Gasteiger charge is 2.35. The molecule has 1 aliphatic rings. The fraction of sp³-hybridized carbons (Fsp3) is 0.318. The van der Waals surface area contributed by atoms with E-state index >= 15 is 0 Å². The zero-order valence-electron chi connectivity index (χ0n) is 16.1. The quantitative estimate of drug-likeness (QED) is 0.608. The number of hydrogen-bond acceptors (Lipinski definition) is 4. The predicted molar refractivity (Wildman–Crippen MR) is 114 cm³/mol. The summed E-state index contributed by atoms with van der Waals surface area (Å²) in [6, 6.07) is 12.9. The van der Waals surface area contributed by atoms with Gasteiger partial charge in [0.2, 0.25) is 5.91 Å². The van der Waals surface area contributed by atoms with Crippen LogP contribution in [0.2, 0.25) is 5.02 Å². The lowest BCUT2D eigenvalue weighted by atomic mass is 10.1. The molecule has 7 heteroatoms. The maximum atomic E-state index is 13.3. The minimum absolute atomic E-state index is 0.00543. The number of nitrogens with zero attached hydrogens (tertiary/aromatic N) is 1. The third-order valence-corrected chi connectivity index (χ3v) is 7.54. The summed E-state index contributed by atoms with van der Waals surface area (Å²) in [5.41, 5.74) is 3.43. The average molecular weight is 432 g/mol. The number of carbonyl (C=O) groups is 1. The molecule has 2 heterocycles. The lowest BCUT2D eigenvalue weighted by molar-refractivity contribution is -0.133. The molecule has 1 fully saturated rings. The van der Waals surface area contributed by atoms with Gasteiger partial charge in [0.25, 0.3) is 0 Å². The molecule has 0 bridgehead atoms. The molecule has 1 amide bonds. The molecule has 2 aromatic carbocycles. The molecule has 152 valence electrons. The first-order valence-corrected chi connectivity index (χ1v) is 11.7. The summed E-state index contributed by atoms with van der Waals surface area (Å²) in [6.07, 6.45) is 2.21. The topological polar surface area (TPSA) is 67.6 Å². The van der Waals surface area contributed by atoms with Crippen LogP contribution in [-0.4, -0.2) is 36.8 Å². The van der Waals surface area contributed by atoms with Crippen molar-refractivity contribution in [2.75, 3.05) is 11.5 Å². The van der Waals surface area contributed by atoms with Crippen LogP contribution in [0.3, 0.4) is 0 Å². The second kappa shape index (κ2) is 7.84. The molecular formula is C22H22ClNO4S. The predicted octanol–water partition coefficient (Wildman–Crippen LogP) is 4.15. The van der Waals surface area contributed by atoms with Crippen LogP contribution in [0.1, 0.15) is 23.1 Å². The Morgan fingerprint density at radius 1 is 1.21 bits per heavy atom. The van der Waals surface area contributed by atoms with Gasteiger partial charge in [-0.1, -0.05) is 41.9 Å². The summed E-state index contributed by atoms with van der Waals surface area (Å²) < 4.78 is 29.7. The summed E-state index contributed by atoms with van der Waals surface area (Å²) in [6.45, 7) is 2.27. The maximum absolute atomic E-state index is 13.3. The Morgan fingerprint density at radius 2 is 2.00 bits per heavy atom. The van der Waals surface area contributed by atoms with Crippen LogP contribution in [0.4, 0.5) is 0 Å². The molecule has 1 atom stereocenters. The number of rotatable bonds is 5. The van der Waals surface area contributed by atoms with Crippen LogP contribution in [0, 0.1) is 6.92 Å². The molecule has 0 N–H and O–H groups in total. The summed E-state index contributed by atoms with van der Waals surface area (Å²) in [7, 11) is -3.12. The van der Waals surface area contributed by atoms with Crippen molar-refractivity contribution in [3.8, 4) is 0 Å². The Balaban J connectivity index is 1.62. The molecule has 4 rings (SSSR count). The van der Waals surface area contributed by atoms with Gasteiger partial charge in [0.05, 0.1) is 24.2 Å². The van der Waals surface area contributed by atoms with Crippen molar-refractivity contribution in [1.29, 1.82) is 0 Å². The second-order valence-corrected chi connectivity index (χ2v) is 10.2. The van der Waals surface area contributed by atoms with Crippen molar-refractivity contribution >= 4 is 38.3 Å². The maximum Gasteiger partial charge on any atom is 0.227 e. The smallest absolute Gasteiger partial charge is 0.227 e. The van der Waals surface area contributed by atoms with Crippen molar-refractivity contribution in [1.82, 2.24) is 4.90 Å². The van der Waals surface area contributed by atoms with Crippen LogP contribution < -0.4 is 0 Å². The van der Waals surface area contributed by atoms with Gasteiger partial charge in [0, 0.05) is 28.6 Å². The van der Waals surface area contributed by atoms with Crippen LogP contribution >= 0.6 is 11.6 Å². The van der Waals surface area contributed by atoms with Gasteiger partial charge in [-0.05, 0) is 36.6 Å². The number of amides is 1. The molecule has 1 saturated heterocycles. The number of hydrogen-bond donors (Lipinski definition) is 0. The van der Waals surface area contributed by atoms with Gasteiger partial charge >= 0.3 is 0 Å². The molecule has 0 saturated carbocycles. The first-order chi connectivity index (χ1) is 13.8. The average Bonchev–Trinajstić information content (AvgIpc) is 3.23. The minimum atomic E-state index is -3.12. The first kappa shape index (κ1) is 20.0. The van der Waals surface area contributed by atoms with E-state index in [2.05, 4.69) is 0 Å². The number of halogens is 1. The zero-order valence-corrected chi connectivity index (χ0v) is 17.7. The van der Waals surface area contributed by atoms with E-state index in [4.69, 9.17) is 16.0 Å². The van der Waals surface area contributed by atoms with Crippen LogP contribution in [-0.2, 0) is 27.6 Å². The van der Waals surface area contributed by atoms with E-state index < -0.39 is 9.84 Å². The van der Waals surface area contributed by atoms with E-state index in [9.17, 15) is 13.2 Å². The zero-order chi connectivity index (χ0) is 20.6. The molecule has 1 aliphatic heterocycles. The Labute approximate surface area is 175 Å². The molecular weight excluding hydrogens is 410 g/mol. The van der Waals surface area contributed by atoms with Crippen LogP contribution in [0.15, 0.2) is 53.1 Å². The van der Waals surface area contributed by atoms with E-state index in [1.807, 2.05) is 43.3 Å². The van der Waals surface area contributed by atoms with Crippen LogP contribution in [0.5, 0.6) is 0 Å². The highest BCUT2D eigenvalue weighted by molar-refractivity contribution is 7.91. The van der Waals surface area contributed by atoms with E-state index in [1.54, 1.807) is 17.2 Å². The largest absolute Gasteiger partial charge is 0.464 e. The lowest BCUT2D eigenvalue weighted by Crippen LogP contribution is -2.41.